The molecule has 0 aliphatic carbocycles. The monoisotopic (exact) mass is 299 g/mol. The first-order chi connectivity index (χ1) is 10.8. The second-order valence-corrected chi connectivity index (χ2v) is 5.47. The summed E-state index contributed by atoms with van der Waals surface area (Å²) in [4.78, 5) is 18.1. The Morgan fingerprint density at radius 2 is 2.09 bits per heavy atom. The zero-order valence-corrected chi connectivity index (χ0v) is 12.8. The van der Waals surface area contributed by atoms with Gasteiger partial charge in [0.05, 0.1) is 0 Å². The molecule has 0 unspecified atom stereocenters. The van der Waals surface area contributed by atoms with Gasteiger partial charge in [0.15, 0.2) is 0 Å². The van der Waals surface area contributed by atoms with E-state index in [9.17, 15) is 4.79 Å². The number of pyridine rings is 1. The molecule has 1 aromatic heterocycles. The van der Waals surface area contributed by atoms with Crippen LogP contribution in [0.25, 0.3) is 10.9 Å². The molecule has 3 rings (SSSR count). The van der Waals surface area contributed by atoms with E-state index in [0.29, 0.717) is 6.54 Å². The van der Waals surface area contributed by atoms with E-state index in [2.05, 4.69) is 10.3 Å². The zero-order valence-electron chi connectivity index (χ0n) is 12.8. The topological polar surface area (TPSA) is 54.5 Å². The first kappa shape index (κ1) is 14.6. The first-order valence-corrected chi connectivity index (χ1v) is 7.81. The molecule has 1 saturated heterocycles. The van der Waals surface area contributed by atoms with E-state index in [-0.39, 0.29) is 12.1 Å². The van der Waals surface area contributed by atoms with Crippen molar-refractivity contribution in [2.45, 2.75) is 25.9 Å². The van der Waals surface area contributed by atoms with E-state index in [1.54, 1.807) is 6.20 Å². The van der Waals surface area contributed by atoms with Crippen molar-refractivity contribution in [3.63, 3.8) is 0 Å². The van der Waals surface area contributed by atoms with Gasteiger partial charge in [0.25, 0.3) is 0 Å². The Morgan fingerprint density at radius 1 is 1.32 bits per heavy atom. The normalized spacial score (nSPS) is 15.8. The van der Waals surface area contributed by atoms with Gasteiger partial charge in [-0.15, -0.1) is 0 Å². The molecular formula is C17H21N3O2. The first-order valence-electron chi connectivity index (χ1n) is 7.81. The molecule has 2 heterocycles. The second-order valence-electron chi connectivity index (χ2n) is 5.47. The third-order valence-electron chi connectivity index (χ3n) is 3.95. The number of hydrogen-bond donors (Lipinski definition) is 1. The van der Waals surface area contributed by atoms with Gasteiger partial charge >= 0.3 is 6.03 Å². The standard InChI is InChI=1S/C17H21N3O2/c1-2-18-17(21)20-11-8-14(9-12-20)22-15-7-3-5-13-6-4-10-19-16(13)15/h3-7,10,14H,2,8-9,11-12H2,1H3,(H,18,21). The number of benzene rings is 1. The van der Waals surface area contributed by atoms with Gasteiger partial charge in [-0.1, -0.05) is 18.2 Å². The molecule has 0 spiro atoms. The van der Waals surface area contributed by atoms with Crippen molar-refractivity contribution in [1.29, 1.82) is 0 Å². The highest BCUT2D eigenvalue weighted by Gasteiger charge is 2.24. The average Bonchev–Trinajstić information content (AvgIpc) is 2.56. The minimum atomic E-state index is 0.0211. The summed E-state index contributed by atoms with van der Waals surface area (Å²) in [6.07, 6.45) is 3.62. The highest BCUT2D eigenvalue weighted by atomic mass is 16.5. The van der Waals surface area contributed by atoms with Gasteiger partial charge in [0.1, 0.15) is 17.4 Å². The maximum Gasteiger partial charge on any atom is 0.317 e. The number of carbonyl (C=O) groups excluding carboxylic acids is 1. The van der Waals surface area contributed by atoms with Crippen LogP contribution in [0.1, 0.15) is 19.8 Å². The Hall–Kier alpha value is -2.30. The van der Waals surface area contributed by atoms with E-state index in [4.69, 9.17) is 4.74 Å². The number of fused-ring (bicyclic) bond motifs is 1. The maximum atomic E-state index is 11.8. The summed E-state index contributed by atoms with van der Waals surface area (Å²) in [6, 6.07) is 9.97. The van der Waals surface area contributed by atoms with Crippen molar-refractivity contribution in [3.8, 4) is 5.75 Å². The van der Waals surface area contributed by atoms with Gasteiger partial charge in [0.2, 0.25) is 0 Å². The van der Waals surface area contributed by atoms with Crippen molar-refractivity contribution < 1.29 is 9.53 Å². The fourth-order valence-electron chi connectivity index (χ4n) is 2.79. The Morgan fingerprint density at radius 3 is 2.86 bits per heavy atom. The third-order valence-corrected chi connectivity index (χ3v) is 3.95. The lowest BCUT2D eigenvalue weighted by atomic mass is 10.1. The molecule has 5 heteroatoms. The Balaban J connectivity index is 1.64. The van der Waals surface area contributed by atoms with Crippen LogP contribution in [-0.2, 0) is 0 Å². The van der Waals surface area contributed by atoms with Gasteiger partial charge in [-0.3, -0.25) is 4.98 Å². The molecule has 116 valence electrons. The van der Waals surface area contributed by atoms with Crippen LogP contribution >= 0.6 is 0 Å². The van der Waals surface area contributed by atoms with Crippen LogP contribution in [0.2, 0.25) is 0 Å². The molecule has 1 fully saturated rings. The largest absolute Gasteiger partial charge is 0.488 e. The molecule has 1 N–H and O–H groups in total. The van der Waals surface area contributed by atoms with Crippen LogP contribution in [-0.4, -0.2) is 41.7 Å². The van der Waals surface area contributed by atoms with Gasteiger partial charge in [-0.05, 0) is 19.1 Å². The molecular weight excluding hydrogens is 278 g/mol. The maximum absolute atomic E-state index is 11.8. The predicted molar refractivity (Wildman–Crippen MR) is 86.0 cm³/mol. The zero-order chi connectivity index (χ0) is 15.4. The number of ether oxygens (including phenoxy) is 1. The van der Waals surface area contributed by atoms with Crippen LogP contribution in [0.4, 0.5) is 4.79 Å². The van der Waals surface area contributed by atoms with Crippen molar-refractivity contribution in [1.82, 2.24) is 15.2 Å². The number of aromatic nitrogens is 1. The minimum absolute atomic E-state index is 0.0211. The van der Waals surface area contributed by atoms with E-state index in [1.165, 1.54) is 0 Å². The summed E-state index contributed by atoms with van der Waals surface area (Å²) in [7, 11) is 0. The number of carbonyl (C=O) groups is 1. The highest BCUT2D eigenvalue weighted by Crippen LogP contribution is 2.26. The number of para-hydroxylation sites is 1. The van der Waals surface area contributed by atoms with Crippen LogP contribution < -0.4 is 10.1 Å². The van der Waals surface area contributed by atoms with Crippen molar-refractivity contribution in [2.24, 2.45) is 0 Å². The number of piperidine rings is 1. The molecule has 2 aromatic rings. The van der Waals surface area contributed by atoms with Crippen molar-refractivity contribution in [2.75, 3.05) is 19.6 Å². The van der Waals surface area contributed by atoms with Crippen LogP contribution in [0.5, 0.6) is 5.75 Å². The number of nitrogens with zero attached hydrogens (tertiary/aromatic N) is 2. The van der Waals surface area contributed by atoms with E-state index < -0.39 is 0 Å². The van der Waals surface area contributed by atoms with E-state index in [1.807, 2.05) is 42.2 Å². The smallest absolute Gasteiger partial charge is 0.317 e. The third kappa shape index (κ3) is 3.13. The van der Waals surface area contributed by atoms with Crippen LogP contribution in [0, 0.1) is 0 Å². The molecule has 1 aliphatic heterocycles. The van der Waals surface area contributed by atoms with Gasteiger partial charge < -0.3 is 15.0 Å². The number of hydrogen-bond acceptors (Lipinski definition) is 3. The minimum Gasteiger partial charge on any atom is -0.488 e. The lowest BCUT2D eigenvalue weighted by molar-refractivity contribution is 0.112. The predicted octanol–water partition coefficient (Wildman–Crippen LogP) is 2.81. The van der Waals surface area contributed by atoms with Gasteiger partial charge in [-0.25, -0.2) is 4.79 Å². The number of rotatable bonds is 3. The lowest BCUT2D eigenvalue weighted by Gasteiger charge is -2.32. The van der Waals surface area contributed by atoms with Crippen LogP contribution in [0.3, 0.4) is 0 Å². The number of amides is 2. The summed E-state index contributed by atoms with van der Waals surface area (Å²) in [5, 5.41) is 3.92. The number of nitrogens with one attached hydrogen (secondary N) is 1. The molecule has 1 aliphatic rings. The number of likely N-dealkylation sites (tertiary alicyclic amines) is 1. The molecule has 0 radical (unpaired) electrons. The SMILES string of the molecule is CCNC(=O)N1CCC(Oc2cccc3cccnc23)CC1. The second kappa shape index (κ2) is 6.64. The number of urea groups is 1. The molecule has 0 bridgehead atoms. The summed E-state index contributed by atoms with van der Waals surface area (Å²) < 4.78 is 6.14. The summed E-state index contributed by atoms with van der Waals surface area (Å²) >= 11 is 0. The summed E-state index contributed by atoms with van der Waals surface area (Å²) in [5.74, 6) is 0.828. The molecule has 0 saturated carbocycles. The van der Waals surface area contributed by atoms with Crippen molar-refractivity contribution >= 4 is 16.9 Å². The van der Waals surface area contributed by atoms with Gasteiger partial charge in [-0.2, -0.15) is 0 Å². The molecule has 1 aromatic carbocycles. The summed E-state index contributed by atoms with van der Waals surface area (Å²) in [5.41, 5.74) is 0.899. The van der Waals surface area contributed by atoms with E-state index >= 15 is 0 Å². The lowest BCUT2D eigenvalue weighted by Crippen LogP contribution is -2.46. The fourth-order valence-corrected chi connectivity index (χ4v) is 2.79. The van der Waals surface area contributed by atoms with E-state index in [0.717, 1.165) is 42.6 Å². The average molecular weight is 299 g/mol. The quantitative estimate of drug-likeness (QED) is 0.948. The Bertz CT molecular complexity index is 646. The van der Waals surface area contributed by atoms with Crippen molar-refractivity contribution in [3.05, 3.63) is 36.5 Å². The Kier molecular flexibility index (Phi) is 4.42. The molecule has 22 heavy (non-hydrogen) atoms. The fraction of sp³-hybridized carbons (Fsp3) is 0.412. The molecule has 0 atom stereocenters. The Labute approximate surface area is 130 Å². The molecule has 2 amide bonds. The highest BCUT2D eigenvalue weighted by molar-refractivity contribution is 5.84. The van der Waals surface area contributed by atoms with Crippen LogP contribution in [0.15, 0.2) is 36.5 Å². The summed E-state index contributed by atoms with van der Waals surface area (Å²) in [6.45, 7) is 4.06. The molecule has 5 nitrogen and oxygen atoms in total. The van der Waals surface area contributed by atoms with Gasteiger partial charge in [0, 0.05) is 44.1 Å².